The number of piperazine rings is 1. The van der Waals surface area contributed by atoms with Crippen molar-refractivity contribution in [2.24, 2.45) is 5.92 Å². The molecule has 0 saturated carbocycles. The highest BCUT2D eigenvalue weighted by molar-refractivity contribution is 5.79. The number of hydrogen-bond acceptors (Lipinski definition) is 2. The quantitative estimate of drug-likeness (QED) is 0.878. The molecule has 1 atom stereocenters. The van der Waals surface area contributed by atoms with Crippen LogP contribution in [0.3, 0.4) is 0 Å². The van der Waals surface area contributed by atoms with Gasteiger partial charge in [0.1, 0.15) is 0 Å². The van der Waals surface area contributed by atoms with E-state index in [2.05, 4.69) is 36.5 Å². The Morgan fingerprint density at radius 2 is 2.11 bits per heavy atom. The summed E-state index contributed by atoms with van der Waals surface area (Å²) in [6.07, 6.45) is 0.838. The molecule has 1 fully saturated rings. The molecule has 0 radical (unpaired) electrons. The van der Waals surface area contributed by atoms with Crippen LogP contribution < -0.4 is 5.32 Å². The predicted molar refractivity (Wildman–Crippen MR) is 73.5 cm³/mol. The highest BCUT2D eigenvalue weighted by Gasteiger charge is 2.21. The van der Waals surface area contributed by atoms with Crippen molar-refractivity contribution in [3.05, 3.63) is 35.4 Å². The van der Waals surface area contributed by atoms with Gasteiger partial charge in [0.2, 0.25) is 5.91 Å². The summed E-state index contributed by atoms with van der Waals surface area (Å²) in [5, 5.41) is 3.27. The SMILES string of the molecule is Cc1cccc(CC(C)C(=O)N2CCNCC2)c1. The lowest BCUT2D eigenvalue weighted by Gasteiger charge is -2.29. The molecule has 1 aliphatic rings. The van der Waals surface area contributed by atoms with Gasteiger partial charge in [-0.1, -0.05) is 36.8 Å². The molecule has 3 nitrogen and oxygen atoms in total. The van der Waals surface area contributed by atoms with E-state index in [1.54, 1.807) is 0 Å². The van der Waals surface area contributed by atoms with E-state index in [1.807, 2.05) is 11.8 Å². The smallest absolute Gasteiger partial charge is 0.225 e. The second-order valence-corrected chi connectivity index (χ2v) is 5.17. The summed E-state index contributed by atoms with van der Waals surface area (Å²) in [6, 6.07) is 8.43. The molecule has 1 aromatic rings. The first-order valence-corrected chi connectivity index (χ1v) is 6.72. The summed E-state index contributed by atoms with van der Waals surface area (Å²) in [4.78, 5) is 14.3. The number of nitrogens with one attached hydrogen (secondary N) is 1. The van der Waals surface area contributed by atoms with Gasteiger partial charge < -0.3 is 10.2 Å². The van der Waals surface area contributed by atoms with Crippen LogP contribution in [0.4, 0.5) is 0 Å². The van der Waals surface area contributed by atoms with Gasteiger partial charge in [-0.2, -0.15) is 0 Å². The minimum atomic E-state index is 0.0740. The molecule has 1 amide bonds. The van der Waals surface area contributed by atoms with E-state index in [9.17, 15) is 4.79 Å². The molecule has 1 N–H and O–H groups in total. The molecule has 1 saturated heterocycles. The Labute approximate surface area is 109 Å². The zero-order valence-electron chi connectivity index (χ0n) is 11.3. The highest BCUT2D eigenvalue weighted by Crippen LogP contribution is 2.13. The van der Waals surface area contributed by atoms with Crippen molar-refractivity contribution < 1.29 is 4.79 Å². The Morgan fingerprint density at radius 3 is 2.78 bits per heavy atom. The second-order valence-electron chi connectivity index (χ2n) is 5.17. The van der Waals surface area contributed by atoms with Gasteiger partial charge in [-0.25, -0.2) is 0 Å². The Hall–Kier alpha value is -1.35. The van der Waals surface area contributed by atoms with E-state index in [1.165, 1.54) is 11.1 Å². The first-order valence-electron chi connectivity index (χ1n) is 6.72. The second kappa shape index (κ2) is 6.01. The fraction of sp³-hybridized carbons (Fsp3) is 0.533. The average Bonchev–Trinajstić information content (AvgIpc) is 2.39. The van der Waals surface area contributed by atoms with Crippen LogP contribution in [-0.4, -0.2) is 37.0 Å². The van der Waals surface area contributed by atoms with Gasteiger partial charge >= 0.3 is 0 Å². The van der Waals surface area contributed by atoms with Crippen LogP contribution in [0.2, 0.25) is 0 Å². The number of rotatable bonds is 3. The Kier molecular flexibility index (Phi) is 4.37. The van der Waals surface area contributed by atoms with Crippen LogP contribution in [-0.2, 0) is 11.2 Å². The van der Waals surface area contributed by atoms with Gasteiger partial charge in [0.05, 0.1) is 0 Å². The number of amides is 1. The fourth-order valence-corrected chi connectivity index (χ4v) is 2.48. The van der Waals surface area contributed by atoms with E-state index in [0.29, 0.717) is 0 Å². The normalized spacial score (nSPS) is 17.6. The first-order chi connectivity index (χ1) is 8.66. The van der Waals surface area contributed by atoms with E-state index >= 15 is 0 Å². The molecular weight excluding hydrogens is 224 g/mol. The van der Waals surface area contributed by atoms with Crippen LogP contribution in [0.25, 0.3) is 0 Å². The van der Waals surface area contributed by atoms with Gasteiger partial charge in [-0.05, 0) is 18.9 Å². The molecule has 18 heavy (non-hydrogen) atoms. The van der Waals surface area contributed by atoms with Crippen molar-refractivity contribution in [3.8, 4) is 0 Å². The Morgan fingerprint density at radius 1 is 1.39 bits per heavy atom. The van der Waals surface area contributed by atoms with Gasteiger partial charge in [0, 0.05) is 32.1 Å². The zero-order chi connectivity index (χ0) is 13.0. The number of carbonyl (C=O) groups is 1. The minimum Gasteiger partial charge on any atom is -0.340 e. The summed E-state index contributed by atoms with van der Waals surface area (Å²) in [6.45, 7) is 7.65. The third-order valence-electron chi connectivity index (χ3n) is 3.47. The van der Waals surface area contributed by atoms with Crippen LogP contribution >= 0.6 is 0 Å². The van der Waals surface area contributed by atoms with E-state index in [0.717, 1.165) is 32.6 Å². The fourth-order valence-electron chi connectivity index (χ4n) is 2.48. The van der Waals surface area contributed by atoms with Gasteiger partial charge in [0.15, 0.2) is 0 Å². The van der Waals surface area contributed by atoms with Crippen molar-refractivity contribution in [3.63, 3.8) is 0 Å². The van der Waals surface area contributed by atoms with E-state index < -0.39 is 0 Å². The van der Waals surface area contributed by atoms with Crippen molar-refractivity contribution >= 4 is 5.91 Å². The summed E-state index contributed by atoms with van der Waals surface area (Å²) in [7, 11) is 0. The van der Waals surface area contributed by atoms with Crippen molar-refractivity contribution in [1.82, 2.24) is 10.2 Å². The molecule has 0 spiro atoms. The molecule has 98 valence electrons. The van der Waals surface area contributed by atoms with E-state index in [4.69, 9.17) is 0 Å². The largest absolute Gasteiger partial charge is 0.340 e. The number of aryl methyl sites for hydroxylation is 1. The first kappa shape index (κ1) is 13.1. The number of hydrogen-bond donors (Lipinski definition) is 1. The molecule has 1 aliphatic heterocycles. The van der Waals surface area contributed by atoms with Crippen LogP contribution in [0.5, 0.6) is 0 Å². The number of carbonyl (C=O) groups excluding carboxylic acids is 1. The lowest BCUT2D eigenvalue weighted by atomic mass is 9.98. The third kappa shape index (κ3) is 3.33. The van der Waals surface area contributed by atoms with Crippen LogP contribution in [0, 0.1) is 12.8 Å². The molecule has 3 heteroatoms. The van der Waals surface area contributed by atoms with E-state index in [-0.39, 0.29) is 11.8 Å². The molecule has 0 bridgehead atoms. The Balaban J connectivity index is 1.94. The van der Waals surface area contributed by atoms with Crippen molar-refractivity contribution in [2.45, 2.75) is 20.3 Å². The van der Waals surface area contributed by atoms with Crippen molar-refractivity contribution in [2.75, 3.05) is 26.2 Å². The number of nitrogens with zero attached hydrogens (tertiary/aromatic N) is 1. The highest BCUT2D eigenvalue weighted by atomic mass is 16.2. The topological polar surface area (TPSA) is 32.3 Å². The summed E-state index contributed by atoms with van der Waals surface area (Å²) in [5.41, 5.74) is 2.51. The molecule has 2 rings (SSSR count). The lowest BCUT2D eigenvalue weighted by molar-refractivity contribution is -0.135. The monoisotopic (exact) mass is 246 g/mol. The predicted octanol–water partition coefficient (Wildman–Crippen LogP) is 1.61. The summed E-state index contributed by atoms with van der Waals surface area (Å²) < 4.78 is 0. The third-order valence-corrected chi connectivity index (χ3v) is 3.47. The maximum absolute atomic E-state index is 12.3. The minimum absolute atomic E-state index is 0.0740. The Bertz CT molecular complexity index is 411. The molecule has 0 aromatic heterocycles. The van der Waals surface area contributed by atoms with Gasteiger partial charge in [0.25, 0.3) is 0 Å². The summed E-state index contributed by atoms with van der Waals surface area (Å²) >= 11 is 0. The standard InChI is InChI=1S/C15H22N2O/c1-12-4-3-5-14(10-12)11-13(2)15(18)17-8-6-16-7-9-17/h3-5,10,13,16H,6-9,11H2,1-2H3. The zero-order valence-corrected chi connectivity index (χ0v) is 11.3. The lowest BCUT2D eigenvalue weighted by Crippen LogP contribution is -2.48. The maximum Gasteiger partial charge on any atom is 0.225 e. The molecule has 1 heterocycles. The van der Waals surface area contributed by atoms with Crippen LogP contribution in [0.1, 0.15) is 18.1 Å². The van der Waals surface area contributed by atoms with Crippen LogP contribution in [0.15, 0.2) is 24.3 Å². The molecular formula is C15H22N2O. The summed E-state index contributed by atoms with van der Waals surface area (Å²) in [5.74, 6) is 0.364. The number of benzene rings is 1. The van der Waals surface area contributed by atoms with Crippen molar-refractivity contribution in [1.29, 1.82) is 0 Å². The molecule has 1 unspecified atom stereocenters. The average molecular weight is 246 g/mol. The van der Waals surface area contributed by atoms with Gasteiger partial charge in [-0.3, -0.25) is 4.79 Å². The van der Waals surface area contributed by atoms with Gasteiger partial charge in [-0.15, -0.1) is 0 Å². The maximum atomic E-state index is 12.3. The molecule has 0 aliphatic carbocycles. The molecule has 1 aromatic carbocycles.